The van der Waals surface area contributed by atoms with E-state index in [1.165, 1.54) is 11.1 Å². The molecule has 126 valence electrons. The molecule has 2 rings (SSSR count). The summed E-state index contributed by atoms with van der Waals surface area (Å²) in [7, 11) is 0. The maximum Gasteiger partial charge on any atom is 0.321 e. The zero-order valence-corrected chi connectivity index (χ0v) is 14.6. The van der Waals surface area contributed by atoms with Gasteiger partial charge in [0.15, 0.2) is 0 Å². The van der Waals surface area contributed by atoms with Gasteiger partial charge in [0.05, 0.1) is 0 Å². The zero-order valence-electron chi connectivity index (χ0n) is 13.7. The number of hydrogen-bond acceptors (Lipinski definition) is 3. The van der Waals surface area contributed by atoms with Gasteiger partial charge in [-0.2, -0.15) is 11.8 Å². The fourth-order valence-electron chi connectivity index (χ4n) is 2.13. The molecule has 0 saturated heterocycles. The molecule has 0 aliphatic rings. The molecule has 0 atom stereocenters. The van der Waals surface area contributed by atoms with Crippen molar-refractivity contribution >= 4 is 23.7 Å². The molecule has 0 aliphatic carbocycles. The van der Waals surface area contributed by atoms with E-state index in [9.17, 15) is 9.59 Å². The van der Waals surface area contributed by atoms with E-state index in [2.05, 4.69) is 29.7 Å². The van der Waals surface area contributed by atoms with Crippen LogP contribution in [0.3, 0.4) is 0 Å². The second kappa shape index (κ2) is 9.78. The smallest absolute Gasteiger partial charge is 0.321 e. The van der Waals surface area contributed by atoms with Crippen LogP contribution in [-0.4, -0.2) is 17.7 Å². The number of nitrogens with one attached hydrogen (secondary N) is 2. The summed E-state index contributed by atoms with van der Waals surface area (Å²) in [6.45, 7) is 2.49. The number of hydrogen-bond donors (Lipinski definition) is 2. The lowest BCUT2D eigenvalue weighted by atomic mass is 10.1. The molecule has 0 fully saturated rings. The molecule has 2 N–H and O–H groups in total. The van der Waals surface area contributed by atoms with E-state index in [0.29, 0.717) is 18.7 Å². The van der Waals surface area contributed by atoms with Gasteiger partial charge in [-0.15, -0.1) is 0 Å². The van der Waals surface area contributed by atoms with E-state index in [0.717, 1.165) is 11.3 Å². The number of amides is 3. The first kappa shape index (κ1) is 18.1. The van der Waals surface area contributed by atoms with Crippen LogP contribution in [0.4, 0.5) is 4.79 Å². The Morgan fingerprint density at radius 1 is 1.00 bits per heavy atom. The van der Waals surface area contributed by atoms with Crippen LogP contribution in [-0.2, 0) is 17.1 Å². The maximum atomic E-state index is 11.8. The summed E-state index contributed by atoms with van der Waals surface area (Å²) in [6.07, 6.45) is 0.329. The first-order valence-electron chi connectivity index (χ1n) is 7.89. The second-order valence-electron chi connectivity index (χ2n) is 5.45. The number of thioether (sulfide) groups is 1. The molecular formula is C19H22N2O2S. The summed E-state index contributed by atoms with van der Waals surface area (Å²) in [5, 5.41) is 5.03. The van der Waals surface area contributed by atoms with Crippen molar-refractivity contribution in [2.45, 2.75) is 25.6 Å². The number of carbonyl (C=O) groups is 2. The van der Waals surface area contributed by atoms with Gasteiger partial charge in [-0.05, 0) is 23.6 Å². The monoisotopic (exact) mass is 342 g/mol. The number of benzene rings is 2. The van der Waals surface area contributed by atoms with E-state index in [1.54, 1.807) is 11.8 Å². The van der Waals surface area contributed by atoms with Crippen molar-refractivity contribution in [1.29, 1.82) is 0 Å². The predicted molar refractivity (Wildman–Crippen MR) is 98.8 cm³/mol. The lowest BCUT2D eigenvalue weighted by Crippen LogP contribution is -2.39. The molecule has 2 aromatic carbocycles. The highest BCUT2D eigenvalue weighted by Gasteiger charge is 2.07. The van der Waals surface area contributed by atoms with Crippen LogP contribution in [0.5, 0.6) is 0 Å². The van der Waals surface area contributed by atoms with Crippen LogP contribution in [0.15, 0.2) is 54.6 Å². The third-order valence-electron chi connectivity index (χ3n) is 3.54. The quantitative estimate of drug-likeness (QED) is 0.755. The number of carbonyl (C=O) groups excluding carboxylic acids is 2. The van der Waals surface area contributed by atoms with Gasteiger partial charge in [-0.3, -0.25) is 10.1 Å². The third-order valence-corrected chi connectivity index (χ3v) is 4.55. The van der Waals surface area contributed by atoms with Gasteiger partial charge in [-0.25, -0.2) is 4.79 Å². The Balaban J connectivity index is 1.61. The zero-order chi connectivity index (χ0) is 17.2. The molecule has 0 spiro atoms. The van der Waals surface area contributed by atoms with Crippen LogP contribution >= 0.6 is 11.8 Å². The molecule has 0 saturated carbocycles. The minimum atomic E-state index is -0.451. The van der Waals surface area contributed by atoms with Crippen LogP contribution in [0.1, 0.15) is 23.1 Å². The molecular weight excluding hydrogens is 320 g/mol. The molecule has 0 radical (unpaired) electrons. The fourth-order valence-corrected chi connectivity index (χ4v) is 3.15. The number of urea groups is 1. The Bertz CT molecular complexity index is 674. The molecule has 0 aromatic heterocycles. The summed E-state index contributed by atoms with van der Waals surface area (Å²) in [6, 6.07) is 17.3. The molecule has 0 bridgehead atoms. The largest absolute Gasteiger partial charge is 0.334 e. The first-order valence-corrected chi connectivity index (χ1v) is 9.04. The van der Waals surface area contributed by atoms with E-state index in [-0.39, 0.29) is 5.91 Å². The molecule has 3 amide bonds. The van der Waals surface area contributed by atoms with E-state index in [1.807, 2.05) is 42.5 Å². The van der Waals surface area contributed by atoms with Gasteiger partial charge in [0.2, 0.25) is 5.91 Å². The van der Waals surface area contributed by atoms with Crippen LogP contribution in [0.25, 0.3) is 0 Å². The van der Waals surface area contributed by atoms with Crippen molar-refractivity contribution in [3.8, 4) is 0 Å². The van der Waals surface area contributed by atoms with Crippen molar-refractivity contribution in [2.24, 2.45) is 0 Å². The van der Waals surface area contributed by atoms with Crippen molar-refractivity contribution in [3.63, 3.8) is 0 Å². The van der Waals surface area contributed by atoms with Crippen LogP contribution < -0.4 is 10.6 Å². The highest BCUT2D eigenvalue weighted by atomic mass is 32.2. The first-order chi connectivity index (χ1) is 11.6. The molecule has 0 unspecified atom stereocenters. The lowest BCUT2D eigenvalue weighted by Gasteiger charge is -2.07. The number of rotatable bonds is 7. The van der Waals surface area contributed by atoms with Gasteiger partial charge in [-0.1, -0.05) is 54.6 Å². The van der Waals surface area contributed by atoms with Gasteiger partial charge in [0, 0.05) is 24.5 Å². The predicted octanol–water partition coefficient (Wildman–Crippen LogP) is 3.64. The minimum absolute atomic E-state index is 0.252. The third kappa shape index (κ3) is 6.46. The minimum Gasteiger partial charge on any atom is -0.334 e. The standard InChI is InChI=1S/C19H22N2O2S/c1-15-7-5-6-10-17(15)14-24-12-11-18(22)21-19(23)20-13-16-8-3-2-4-9-16/h2-10H,11-14H2,1H3,(H2,20,21,22,23). The van der Waals surface area contributed by atoms with Gasteiger partial charge in [0.1, 0.15) is 0 Å². The lowest BCUT2D eigenvalue weighted by molar-refractivity contribution is -0.119. The Morgan fingerprint density at radius 3 is 2.46 bits per heavy atom. The Morgan fingerprint density at radius 2 is 1.71 bits per heavy atom. The molecule has 5 heteroatoms. The normalized spacial score (nSPS) is 10.2. The highest BCUT2D eigenvalue weighted by molar-refractivity contribution is 7.98. The van der Waals surface area contributed by atoms with Gasteiger partial charge < -0.3 is 5.32 Å². The average molecular weight is 342 g/mol. The topological polar surface area (TPSA) is 58.2 Å². The number of aryl methyl sites for hydroxylation is 1. The summed E-state index contributed by atoms with van der Waals surface area (Å²) in [5.74, 6) is 1.31. The van der Waals surface area contributed by atoms with Crippen molar-refractivity contribution in [3.05, 3.63) is 71.3 Å². The van der Waals surface area contributed by atoms with E-state index >= 15 is 0 Å². The maximum absolute atomic E-state index is 11.8. The Kier molecular flexibility index (Phi) is 7.36. The SMILES string of the molecule is Cc1ccccc1CSCCC(=O)NC(=O)NCc1ccccc1. The molecule has 0 heterocycles. The summed E-state index contributed by atoms with van der Waals surface area (Å²) in [5.41, 5.74) is 3.53. The summed E-state index contributed by atoms with van der Waals surface area (Å²) in [4.78, 5) is 23.4. The van der Waals surface area contributed by atoms with E-state index < -0.39 is 6.03 Å². The average Bonchev–Trinajstić information content (AvgIpc) is 2.59. The van der Waals surface area contributed by atoms with Crippen molar-refractivity contribution in [2.75, 3.05) is 5.75 Å². The molecule has 4 nitrogen and oxygen atoms in total. The molecule has 24 heavy (non-hydrogen) atoms. The second-order valence-corrected chi connectivity index (χ2v) is 6.55. The van der Waals surface area contributed by atoms with E-state index in [4.69, 9.17) is 0 Å². The fraction of sp³-hybridized carbons (Fsp3) is 0.263. The summed E-state index contributed by atoms with van der Waals surface area (Å²) < 4.78 is 0. The summed E-state index contributed by atoms with van der Waals surface area (Å²) >= 11 is 1.69. The molecule has 0 aliphatic heterocycles. The Labute approximate surface area is 147 Å². The van der Waals surface area contributed by atoms with Crippen molar-refractivity contribution in [1.82, 2.24) is 10.6 Å². The van der Waals surface area contributed by atoms with Crippen LogP contribution in [0.2, 0.25) is 0 Å². The van der Waals surface area contributed by atoms with Gasteiger partial charge >= 0.3 is 6.03 Å². The Hall–Kier alpha value is -2.27. The van der Waals surface area contributed by atoms with Crippen molar-refractivity contribution < 1.29 is 9.59 Å². The van der Waals surface area contributed by atoms with Crippen LogP contribution in [0, 0.1) is 6.92 Å². The highest BCUT2D eigenvalue weighted by Crippen LogP contribution is 2.16. The number of imide groups is 1. The molecule has 2 aromatic rings. The van der Waals surface area contributed by atoms with Gasteiger partial charge in [0.25, 0.3) is 0 Å².